The summed E-state index contributed by atoms with van der Waals surface area (Å²) in [6.45, 7) is 8.02. The van der Waals surface area contributed by atoms with Crippen LogP contribution in [0.5, 0.6) is 0 Å². The van der Waals surface area contributed by atoms with Gasteiger partial charge in [-0.15, -0.1) is 0 Å². The van der Waals surface area contributed by atoms with Crippen LogP contribution in [0.1, 0.15) is 48.4 Å². The van der Waals surface area contributed by atoms with E-state index in [1.54, 1.807) is 30.6 Å². The summed E-state index contributed by atoms with van der Waals surface area (Å²) in [5, 5.41) is 23.8. The van der Waals surface area contributed by atoms with Crippen molar-refractivity contribution in [2.75, 3.05) is 0 Å². The summed E-state index contributed by atoms with van der Waals surface area (Å²) in [5.41, 5.74) is -0.109. The zero-order valence-electron chi connectivity index (χ0n) is 24.1. The number of fused-ring (bicyclic) bond motifs is 2. The lowest BCUT2D eigenvalue weighted by Gasteiger charge is -2.32. The van der Waals surface area contributed by atoms with Crippen LogP contribution in [0.2, 0.25) is 0 Å². The zero-order valence-corrected chi connectivity index (χ0v) is 27.2. The largest absolute Gasteiger partial charge is 0.494 e. The Bertz CT molecular complexity index is 1960. The van der Waals surface area contributed by atoms with Crippen LogP contribution in [-0.4, -0.2) is 56.1 Å². The van der Waals surface area contributed by atoms with Crippen LogP contribution in [0.15, 0.2) is 85.5 Å². The number of aromatic amines is 2. The van der Waals surface area contributed by atoms with Crippen LogP contribution in [0.4, 0.5) is 0 Å². The standard InChI is InChI=1S/C14H17BN2O3.C8H5BrN2O.C8H5BrO3/c1-13(2)14(3,4)20-15(19-13)10-6-5-9-8-16-17-12(18)11(9)7-10;9-6-2-1-5-4-10-11-8(12)7(5)3-6;9-6-2-1-5(4-10)7(3-6)8(11)12/h5-8H,1-4H3,(H,17,18);2*1-4H,(H,11,12). The molecule has 0 atom stereocenters. The number of hydrogen-bond donors (Lipinski definition) is 3. The van der Waals surface area contributed by atoms with E-state index < -0.39 is 24.3 Å². The molecule has 1 fully saturated rings. The van der Waals surface area contributed by atoms with E-state index in [2.05, 4.69) is 52.3 Å². The Morgan fingerprint density at radius 1 is 0.818 bits per heavy atom. The van der Waals surface area contributed by atoms with E-state index in [9.17, 15) is 19.2 Å². The highest BCUT2D eigenvalue weighted by molar-refractivity contribution is 9.10. The molecule has 0 bridgehead atoms. The first-order valence-electron chi connectivity index (χ1n) is 13.2. The molecule has 0 aliphatic carbocycles. The fourth-order valence-corrected chi connectivity index (χ4v) is 4.83. The highest BCUT2D eigenvalue weighted by Gasteiger charge is 2.51. The van der Waals surface area contributed by atoms with Gasteiger partial charge in [-0.1, -0.05) is 50.1 Å². The Morgan fingerprint density at radius 2 is 1.32 bits per heavy atom. The molecule has 0 saturated carbocycles. The van der Waals surface area contributed by atoms with Crippen molar-refractivity contribution in [3.8, 4) is 0 Å². The molecular weight excluding hydrogens is 699 g/mol. The molecule has 3 aromatic carbocycles. The number of aldehydes is 1. The van der Waals surface area contributed by atoms with Crippen molar-refractivity contribution >= 4 is 78.2 Å². The number of carboxylic acids is 1. The number of aromatic nitrogens is 4. The maximum absolute atomic E-state index is 11.8. The van der Waals surface area contributed by atoms with Crippen molar-refractivity contribution in [2.24, 2.45) is 0 Å². The average molecular weight is 726 g/mol. The van der Waals surface area contributed by atoms with Crippen molar-refractivity contribution < 1.29 is 24.0 Å². The molecule has 1 saturated heterocycles. The molecule has 6 rings (SSSR count). The summed E-state index contributed by atoms with van der Waals surface area (Å²) in [5.74, 6) is -1.10. The smallest absolute Gasteiger partial charge is 0.478 e. The number of carbonyl (C=O) groups is 2. The molecule has 1 aliphatic heterocycles. The van der Waals surface area contributed by atoms with Gasteiger partial charge in [0.15, 0.2) is 6.29 Å². The van der Waals surface area contributed by atoms with Gasteiger partial charge in [-0.3, -0.25) is 14.4 Å². The van der Waals surface area contributed by atoms with Crippen molar-refractivity contribution in [1.82, 2.24) is 20.4 Å². The van der Waals surface area contributed by atoms with Gasteiger partial charge >= 0.3 is 13.1 Å². The molecule has 226 valence electrons. The van der Waals surface area contributed by atoms with Gasteiger partial charge in [-0.05, 0) is 69.6 Å². The first-order valence-corrected chi connectivity index (χ1v) is 14.7. The number of nitrogens with zero attached hydrogens (tertiary/aromatic N) is 2. The Kier molecular flexibility index (Phi) is 9.99. The molecule has 11 nitrogen and oxygen atoms in total. The van der Waals surface area contributed by atoms with Gasteiger partial charge in [0, 0.05) is 30.7 Å². The Labute approximate surface area is 268 Å². The molecule has 3 N–H and O–H groups in total. The quantitative estimate of drug-likeness (QED) is 0.174. The van der Waals surface area contributed by atoms with Gasteiger partial charge in [0.2, 0.25) is 0 Å². The van der Waals surface area contributed by atoms with Crippen molar-refractivity contribution in [3.63, 3.8) is 0 Å². The van der Waals surface area contributed by atoms with E-state index in [0.717, 1.165) is 20.7 Å². The number of aromatic carboxylic acids is 1. The van der Waals surface area contributed by atoms with Crippen LogP contribution in [0.3, 0.4) is 0 Å². The summed E-state index contributed by atoms with van der Waals surface area (Å²) in [6, 6.07) is 15.5. The summed E-state index contributed by atoms with van der Waals surface area (Å²) in [7, 11) is -0.461. The van der Waals surface area contributed by atoms with Gasteiger partial charge in [0.25, 0.3) is 11.1 Å². The monoisotopic (exact) mass is 724 g/mol. The third-order valence-electron chi connectivity index (χ3n) is 7.22. The highest BCUT2D eigenvalue weighted by atomic mass is 79.9. The molecule has 0 amide bonds. The van der Waals surface area contributed by atoms with E-state index in [-0.39, 0.29) is 22.2 Å². The van der Waals surface area contributed by atoms with E-state index in [4.69, 9.17) is 14.4 Å². The number of carbonyl (C=O) groups excluding carboxylic acids is 1. The summed E-state index contributed by atoms with van der Waals surface area (Å²) in [6.07, 6.45) is 3.78. The van der Waals surface area contributed by atoms with E-state index in [1.165, 1.54) is 12.1 Å². The van der Waals surface area contributed by atoms with Gasteiger partial charge < -0.3 is 14.4 Å². The minimum Gasteiger partial charge on any atom is -0.478 e. The van der Waals surface area contributed by atoms with Gasteiger partial charge in [-0.25, -0.2) is 15.0 Å². The molecule has 5 aromatic rings. The molecule has 0 spiro atoms. The molecule has 0 unspecified atom stereocenters. The minimum atomic E-state index is -1.10. The third-order valence-corrected chi connectivity index (χ3v) is 8.21. The zero-order chi connectivity index (χ0) is 32.2. The highest BCUT2D eigenvalue weighted by Crippen LogP contribution is 2.36. The maximum atomic E-state index is 11.8. The maximum Gasteiger partial charge on any atom is 0.494 e. The lowest BCUT2D eigenvalue weighted by Crippen LogP contribution is -2.41. The van der Waals surface area contributed by atoms with Crippen LogP contribution >= 0.6 is 31.9 Å². The second-order valence-corrected chi connectivity index (χ2v) is 12.6. The van der Waals surface area contributed by atoms with Crippen LogP contribution in [-0.2, 0) is 9.31 Å². The Hall–Kier alpha value is -3.98. The number of hydrogen-bond acceptors (Lipinski definition) is 8. The number of H-pyrrole nitrogens is 2. The van der Waals surface area contributed by atoms with Crippen LogP contribution < -0.4 is 16.6 Å². The van der Waals surface area contributed by atoms with Crippen molar-refractivity contribution in [2.45, 2.75) is 38.9 Å². The summed E-state index contributed by atoms with van der Waals surface area (Å²) in [4.78, 5) is 43.9. The van der Waals surface area contributed by atoms with Gasteiger partial charge in [-0.2, -0.15) is 10.2 Å². The molecule has 44 heavy (non-hydrogen) atoms. The second kappa shape index (κ2) is 13.3. The molecule has 1 aliphatic rings. The number of nitrogens with one attached hydrogen (secondary N) is 2. The molecule has 3 heterocycles. The van der Waals surface area contributed by atoms with Crippen LogP contribution in [0, 0.1) is 0 Å². The fraction of sp³-hybridized carbons (Fsp3) is 0.200. The van der Waals surface area contributed by atoms with E-state index in [1.807, 2.05) is 52.0 Å². The lowest BCUT2D eigenvalue weighted by atomic mass is 9.78. The topological polar surface area (TPSA) is 164 Å². The Balaban J connectivity index is 0.000000160. The Morgan fingerprint density at radius 3 is 1.86 bits per heavy atom. The lowest BCUT2D eigenvalue weighted by molar-refractivity contribution is 0.00578. The first kappa shape index (κ1) is 32.9. The second-order valence-electron chi connectivity index (χ2n) is 10.7. The van der Waals surface area contributed by atoms with Crippen molar-refractivity contribution in [3.05, 3.63) is 108 Å². The number of halogens is 2. The van der Waals surface area contributed by atoms with E-state index in [0.29, 0.717) is 21.5 Å². The number of rotatable bonds is 3. The normalized spacial score (nSPS) is 14.7. The average Bonchev–Trinajstić information content (AvgIpc) is 3.20. The molecule has 14 heteroatoms. The number of carboxylic acid groups (broad SMARTS) is 1. The SMILES string of the molecule is CC1(C)OB(c2ccc3cn[nH]c(=O)c3c2)OC1(C)C.O=Cc1ccc(Br)cc1C(=O)O.O=c1[nH]ncc2ccc(Br)cc12. The third kappa shape index (κ3) is 7.38. The summed E-state index contributed by atoms with van der Waals surface area (Å²) >= 11 is 6.41. The minimum absolute atomic E-state index is 0.0133. The predicted octanol–water partition coefficient (Wildman–Crippen LogP) is 4.87. The number of benzene rings is 3. The van der Waals surface area contributed by atoms with Crippen molar-refractivity contribution in [1.29, 1.82) is 0 Å². The first-order chi connectivity index (χ1) is 20.7. The molecule has 0 radical (unpaired) electrons. The predicted molar refractivity (Wildman–Crippen MR) is 175 cm³/mol. The molecule has 2 aromatic heterocycles. The van der Waals surface area contributed by atoms with E-state index >= 15 is 0 Å². The molecular formula is C30H27BBr2N4O7. The van der Waals surface area contributed by atoms with Gasteiger partial charge in [0.05, 0.1) is 34.5 Å². The van der Waals surface area contributed by atoms with Gasteiger partial charge in [0.1, 0.15) is 0 Å². The van der Waals surface area contributed by atoms with Crippen LogP contribution in [0.25, 0.3) is 21.5 Å². The fourth-order valence-electron chi connectivity index (χ4n) is 4.10. The summed E-state index contributed by atoms with van der Waals surface area (Å²) < 4.78 is 13.5.